The van der Waals surface area contributed by atoms with E-state index >= 15 is 0 Å². The van der Waals surface area contributed by atoms with Gasteiger partial charge in [-0.15, -0.1) is 0 Å². The molecule has 2 aromatic rings. The lowest BCUT2D eigenvalue weighted by atomic mass is 10.0. The zero-order valence-corrected chi connectivity index (χ0v) is 16.5. The Morgan fingerprint density at radius 2 is 1.69 bits per heavy atom. The van der Waals surface area contributed by atoms with Crippen molar-refractivity contribution in [3.63, 3.8) is 0 Å². The van der Waals surface area contributed by atoms with E-state index in [0.717, 1.165) is 18.4 Å². The van der Waals surface area contributed by atoms with Gasteiger partial charge in [0.25, 0.3) is 5.91 Å². The van der Waals surface area contributed by atoms with Gasteiger partial charge in [0.05, 0.1) is 0 Å². The number of nitrogens with one attached hydrogen (secondary N) is 2. The molecular weight excluding hydrogens is 375 g/mol. The van der Waals surface area contributed by atoms with Crippen LogP contribution in [0.4, 0.5) is 4.39 Å². The first-order chi connectivity index (χ1) is 13.9. The van der Waals surface area contributed by atoms with Crippen LogP contribution >= 0.6 is 0 Å². The van der Waals surface area contributed by atoms with E-state index in [4.69, 9.17) is 4.74 Å². The highest BCUT2D eigenvalue weighted by atomic mass is 19.1. The Bertz CT molecular complexity index is 852. The van der Waals surface area contributed by atoms with Crippen molar-refractivity contribution in [2.24, 2.45) is 0 Å². The maximum atomic E-state index is 13.5. The van der Waals surface area contributed by atoms with Crippen molar-refractivity contribution in [1.29, 1.82) is 0 Å². The number of hydrogen-bond acceptors (Lipinski definition) is 4. The Morgan fingerprint density at radius 1 is 1.00 bits per heavy atom. The van der Waals surface area contributed by atoms with Gasteiger partial charge in [0.1, 0.15) is 0 Å². The summed E-state index contributed by atoms with van der Waals surface area (Å²) in [5.41, 5.74) is 6.15. The average molecular weight is 400 g/mol. The van der Waals surface area contributed by atoms with Gasteiger partial charge in [-0.1, -0.05) is 49.7 Å². The molecule has 154 valence electrons. The van der Waals surface area contributed by atoms with Crippen LogP contribution < -0.4 is 15.6 Å². The second-order valence-electron chi connectivity index (χ2n) is 6.60. The normalized spacial score (nSPS) is 11.4. The molecular formula is C22H25FN2O4. The lowest BCUT2D eigenvalue weighted by molar-refractivity contribution is -0.132. The number of rotatable bonds is 9. The van der Waals surface area contributed by atoms with Crippen LogP contribution in [-0.4, -0.2) is 23.7 Å². The van der Waals surface area contributed by atoms with Crippen LogP contribution in [0.3, 0.4) is 0 Å². The summed E-state index contributed by atoms with van der Waals surface area (Å²) >= 11 is 0. The van der Waals surface area contributed by atoms with Crippen molar-refractivity contribution in [3.8, 4) is 5.75 Å². The zero-order chi connectivity index (χ0) is 21.2. The number of ketones is 1. The minimum absolute atomic E-state index is 0.0239. The van der Waals surface area contributed by atoms with Crippen LogP contribution in [0.1, 0.15) is 49.0 Å². The number of benzene rings is 2. The summed E-state index contributed by atoms with van der Waals surface area (Å²) in [5.74, 6) is -1.94. The molecule has 0 radical (unpaired) electrons. The van der Waals surface area contributed by atoms with E-state index in [2.05, 4.69) is 17.8 Å². The zero-order valence-electron chi connectivity index (χ0n) is 16.5. The van der Waals surface area contributed by atoms with Gasteiger partial charge in [0.2, 0.25) is 5.91 Å². The number of carbonyl (C=O) groups excluding carboxylic acids is 3. The number of Topliss-reactive ketones (excluding diaryl/α,β-unsaturated/α-hetero) is 1. The van der Waals surface area contributed by atoms with Gasteiger partial charge >= 0.3 is 0 Å². The first-order valence-corrected chi connectivity index (χ1v) is 9.52. The molecule has 0 aliphatic carbocycles. The molecule has 7 heteroatoms. The lowest BCUT2D eigenvalue weighted by Crippen LogP contribution is -2.47. The van der Waals surface area contributed by atoms with Crippen LogP contribution in [0.5, 0.6) is 5.75 Å². The Morgan fingerprint density at radius 3 is 2.34 bits per heavy atom. The lowest BCUT2D eigenvalue weighted by Gasteiger charge is -2.15. The van der Waals surface area contributed by atoms with Crippen molar-refractivity contribution in [2.75, 3.05) is 0 Å². The smallest absolute Gasteiger partial charge is 0.279 e. The molecule has 0 fully saturated rings. The largest absolute Gasteiger partial charge is 0.478 e. The fraction of sp³-hybridized carbons (Fsp3) is 0.318. The molecule has 0 unspecified atom stereocenters. The van der Waals surface area contributed by atoms with E-state index in [-0.39, 0.29) is 24.4 Å². The van der Waals surface area contributed by atoms with Gasteiger partial charge in [0, 0.05) is 18.4 Å². The van der Waals surface area contributed by atoms with E-state index < -0.39 is 23.7 Å². The summed E-state index contributed by atoms with van der Waals surface area (Å²) in [5, 5.41) is 0. The second kappa shape index (κ2) is 10.9. The highest BCUT2D eigenvalue weighted by Gasteiger charge is 2.17. The highest BCUT2D eigenvalue weighted by Crippen LogP contribution is 2.17. The Kier molecular flexibility index (Phi) is 8.33. The standard InChI is InChI=1S/C22H25FN2O4/c1-3-6-16-9-11-17(12-10-16)19(26)13-14-21(27)24-25-22(28)15(2)29-20-8-5-4-7-18(20)23/h4-5,7-12,15H,3,6,13-14H2,1-2H3,(H,24,27)(H,25,28)/t15-/m0/s1. The molecule has 6 nitrogen and oxygen atoms in total. The predicted octanol–water partition coefficient (Wildman–Crippen LogP) is 3.36. The predicted molar refractivity (Wildman–Crippen MR) is 107 cm³/mol. The van der Waals surface area contributed by atoms with Gasteiger partial charge in [-0.2, -0.15) is 0 Å². The molecule has 0 saturated carbocycles. The molecule has 2 amide bonds. The van der Waals surface area contributed by atoms with Crippen LogP contribution in [0.15, 0.2) is 48.5 Å². The van der Waals surface area contributed by atoms with Crippen molar-refractivity contribution in [3.05, 3.63) is 65.5 Å². The van der Waals surface area contributed by atoms with Crippen molar-refractivity contribution < 1.29 is 23.5 Å². The van der Waals surface area contributed by atoms with Gasteiger partial charge < -0.3 is 4.74 Å². The molecule has 29 heavy (non-hydrogen) atoms. The summed E-state index contributed by atoms with van der Waals surface area (Å²) in [6.45, 7) is 3.52. The molecule has 0 aromatic heterocycles. The van der Waals surface area contributed by atoms with Gasteiger partial charge in [-0.25, -0.2) is 4.39 Å². The van der Waals surface area contributed by atoms with Crippen molar-refractivity contribution in [2.45, 2.75) is 45.6 Å². The first-order valence-electron chi connectivity index (χ1n) is 9.52. The van der Waals surface area contributed by atoms with E-state index in [1.807, 2.05) is 12.1 Å². The summed E-state index contributed by atoms with van der Waals surface area (Å²) in [4.78, 5) is 36.0. The quantitative estimate of drug-likeness (QED) is 0.499. The molecule has 0 saturated heterocycles. The maximum Gasteiger partial charge on any atom is 0.279 e. The molecule has 0 spiro atoms. The number of ether oxygens (including phenoxy) is 1. The minimum Gasteiger partial charge on any atom is -0.478 e. The Hall–Kier alpha value is -3.22. The molecule has 0 aliphatic rings. The van der Waals surface area contributed by atoms with E-state index in [9.17, 15) is 18.8 Å². The fourth-order valence-corrected chi connectivity index (χ4v) is 2.60. The molecule has 2 rings (SSSR count). The molecule has 2 aromatic carbocycles. The van der Waals surface area contributed by atoms with Gasteiger partial charge in [-0.05, 0) is 31.0 Å². The number of hydrazine groups is 1. The number of aryl methyl sites for hydroxylation is 1. The highest BCUT2D eigenvalue weighted by molar-refractivity contribution is 5.98. The molecule has 0 bridgehead atoms. The van der Waals surface area contributed by atoms with Crippen LogP contribution in [-0.2, 0) is 16.0 Å². The van der Waals surface area contributed by atoms with Gasteiger partial charge in [-0.3, -0.25) is 25.2 Å². The molecule has 0 heterocycles. The fourth-order valence-electron chi connectivity index (χ4n) is 2.60. The monoisotopic (exact) mass is 400 g/mol. The second-order valence-corrected chi connectivity index (χ2v) is 6.60. The Labute approximate surface area is 169 Å². The SMILES string of the molecule is CCCc1ccc(C(=O)CCC(=O)NNC(=O)[C@H](C)Oc2ccccc2F)cc1. The van der Waals surface area contributed by atoms with E-state index in [0.29, 0.717) is 5.56 Å². The van der Waals surface area contributed by atoms with Crippen LogP contribution in [0.2, 0.25) is 0 Å². The third-order valence-electron chi connectivity index (χ3n) is 4.23. The summed E-state index contributed by atoms with van der Waals surface area (Å²) < 4.78 is 18.8. The number of para-hydroxylation sites is 1. The summed E-state index contributed by atoms with van der Waals surface area (Å²) in [6.07, 6.45) is 0.920. The summed E-state index contributed by atoms with van der Waals surface area (Å²) in [7, 11) is 0. The van der Waals surface area contributed by atoms with E-state index in [1.165, 1.54) is 25.1 Å². The van der Waals surface area contributed by atoms with Crippen LogP contribution in [0, 0.1) is 5.82 Å². The molecule has 0 aliphatic heterocycles. The third-order valence-corrected chi connectivity index (χ3v) is 4.23. The van der Waals surface area contributed by atoms with Crippen molar-refractivity contribution >= 4 is 17.6 Å². The first kappa shape index (κ1) is 22.1. The number of carbonyl (C=O) groups is 3. The van der Waals surface area contributed by atoms with E-state index in [1.54, 1.807) is 18.2 Å². The van der Waals surface area contributed by atoms with Crippen molar-refractivity contribution in [1.82, 2.24) is 10.9 Å². The topological polar surface area (TPSA) is 84.5 Å². The summed E-state index contributed by atoms with van der Waals surface area (Å²) in [6, 6.07) is 13.0. The maximum absolute atomic E-state index is 13.5. The third kappa shape index (κ3) is 7.03. The van der Waals surface area contributed by atoms with Gasteiger partial charge in [0.15, 0.2) is 23.5 Å². The van der Waals surface area contributed by atoms with Crippen LogP contribution in [0.25, 0.3) is 0 Å². The molecule has 2 N–H and O–H groups in total. The number of hydrogen-bond donors (Lipinski definition) is 2. The Balaban J connectivity index is 1.73. The number of amides is 2. The average Bonchev–Trinajstić information content (AvgIpc) is 2.72. The minimum atomic E-state index is -1.02. The molecule has 1 atom stereocenters. The number of halogens is 1.